The summed E-state index contributed by atoms with van der Waals surface area (Å²) in [5.41, 5.74) is 9.60. The van der Waals surface area contributed by atoms with Crippen molar-refractivity contribution in [2.24, 2.45) is 0 Å². The molecule has 27 heavy (non-hydrogen) atoms. The van der Waals surface area contributed by atoms with E-state index in [-0.39, 0.29) is 5.91 Å². The Morgan fingerprint density at radius 2 is 1.85 bits per heavy atom. The fraction of sp³-hybridized carbons (Fsp3) is 0.318. The second-order valence-corrected chi connectivity index (χ2v) is 7.25. The number of H-pyrrole nitrogens is 1. The molecule has 4 N–H and O–H groups in total. The number of rotatable bonds is 5. The van der Waals surface area contributed by atoms with Crippen LogP contribution in [0.5, 0.6) is 0 Å². The Labute approximate surface area is 159 Å². The number of aromatic amines is 1. The maximum absolute atomic E-state index is 12.2. The maximum atomic E-state index is 12.2. The molecular weight excluding hydrogens is 336 g/mol. The lowest BCUT2D eigenvalue weighted by atomic mass is 9.89. The number of amides is 1. The molecule has 1 aliphatic heterocycles. The first-order chi connectivity index (χ1) is 13.2. The number of nitrogens with two attached hydrogens (primary N) is 1. The van der Waals surface area contributed by atoms with E-state index in [2.05, 4.69) is 45.7 Å². The smallest absolute Gasteiger partial charge is 0.253 e. The number of nitrogen functional groups attached to an aromatic ring is 1. The molecule has 140 valence electrons. The Morgan fingerprint density at radius 1 is 1.11 bits per heavy atom. The van der Waals surface area contributed by atoms with E-state index < -0.39 is 0 Å². The van der Waals surface area contributed by atoms with Gasteiger partial charge in [0.25, 0.3) is 5.91 Å². The molecule has 1 fully saturated rings. The molecule has 5 nitrogen and oxygen atoms in total. The van der Waals surface area contributed by atoms with Gasteiger partial charge in [0.1, 0.15) is 0 Å². The molecule has 2 heterocycles. The Balaban J connectivity index is 1.26. The van der Waals surface area contributed by atoms with E-state index in [4.69, 9.17) is 5.73 Å². The maximum Gasteiger partial charge on any atom is 0.253 e. The third-order valence-electron chi connectivity index (χ3n) is 5.57. The van der Waals surface area contributed by atoms with Crippen molar-refractivity contribution in [3.63, 3.8) is 0 Å². The number of anilines is 1. The first-order valence-corrected chi connectivity index (χ1v) is 9.63. The van der Waals surface area contributed by atoms with Crippen LogP contribution in [0.4, 0.5) is 5.69 Å². The molecule has 0 spiro atoms. The summed E-state index contributed by atoms with van der Waals surface area (Å²) in [6, 6.07) is 15.7. The van der Waals surface area contributed by atoms with Crippen molar-refractivity contribution in [1.29, 1.82) is 0 Å². The van der Waals surface area contributed by atoms with Crippen LogP contribution in [0.2, 0.25) is 0 Å². The quantitative estimate of drug-likeness (QED) is 0.609. The summed E-state index contributed by atoms with van der Waals surface area (Å²) < 4.78 is 0. The summed E-state index contributed by atoms with van der Waals surface area (Å²) >= 11 is 0. The Kier molecular flexibility index (Phi) is 5.12. The van der Waals surface area contributed by atoms with Crippen LogP contribution in [0, 0.1) is 0 Å². The number of likely N-dealkylation sites (tertiary alicyclic amines) is 1. The van der Waals surface area contributed by atoms with Crippen LogP contribution in [-0.4, -0.2) is 42.0 Å². The normalized spacial score (nSPS) is 15.9. The molecule has 0 unspecified atom stereocenters. The van der Waals surface area contributed by atoms with E-state index in [9.17, 15) is 4.79 Å². The molecule has 4 rings (SSSR count). The molecule has 1 aromatic heterocycles. The molecule has 0 bridgehead atoms. The minimum absolute atomic E-state index is 0.0956. The van der Waals surface area contributed by atoms with Crippen molar-refractivity contribution < 1.29 is 4.79 Å². The monoisotopic (exact) mass is 362 g/mol. The summed E-state index contributed by atoms with van der Waals surface area (Å²) in [5, 5.41) is 4.34. The number of para-hydroxylation sites is 2. The Morgan fingerprint density at radius 3 is 2.67 bits per heavy atom. The van der Waals surface area contributed by atoms with Gasteiger partial charge in [-0.25, -0.2) is 0 Å². The third-order valence-corrected chi connectivity index (χ3v) is 5.57. The lowest BCUT2D eigenvalue weighted by molar-refractivity contribution is 0.0946. The summed E-state index contributed by atoms with van der Waals surface area (Å²) in [5.74, 6) is 0.512. The average molecular weight is 362 g/mol. The molecule has 1 amide bonds. The van der Waals surface area contributed by atoms with Crippen LogP contribution in [-0.2, 0) is 0 Å². The second kappa shape index (κ2) is 7.84. The number of piperidine rings is 1. The minimum Gasteiger partial charge on any atom is -0.398 e. The lowest BCUT2D eigenvalue weighted by Gasteiger charge is -2.32. The second-order valence-electron chi connectivity index (χ2n) is 7.25. The van der Waals surface area contributed by atoms with Crippen LogP contribution >= 0.6 is 0 Å². The van der Waals surface area contributed by atoms with Gasteiger partial charge in [0.05, 0.1) is 5.56 Å². The van der Waals surface area contributed by atoms with Gasteiger partial charge in [-0.15, -0.1) is 0 Å². The number of fused-ring (bicyclic) bond motifs is 1. The van der Waals surface area contributed by atoms with Gasteiger partial charge in [-0.05, 0) is 55.6 Å². The van der Waals surface area contributed by atoms with Gasteiger partial charge in [-0.3, -0.25) is 4.79 Å². The van der Waals surface area contributed by atoms with Crippen molar-refractivity contribution in [2.45, 2.75) is 18.8 Å². The van der Waals surface area contributed by atoms with Crippen molar-refractivity contribution in [3.8, 4) is 0 Å². The standard InChI is InChI=1S/C22H26N4O/c23-20-7-3-1-6-18(20)22(27)24-11-14-26-12-9-16(10-13-26)19-15-25-21-8-4-2-5-17(19)21/h1-8,15-16,25H,9-14,23H2,(H,24,27). The molecule has 0 radical (unpaired) electrons. The van der Waals surface area contributed by atoms with Gasteiger partial charge in [0, 0.05) is 35.9 Å². The van der Waals surface area contributed by atoms with Crippen LogP contribution in [0.15, 0.2) is 54.7 Å². The molecule has 3 aromatic rings. The Hall–Kier alpha value is -2.79. The van der Waals surface area contributed by atoms with Crippen LogP contribution in [0.1, 0.15) is 34.7 Å². The van der Waals surface area contributed by atoms with E-state index in [1.807, 2.05) is 12.1 Å². The largest absolute Gasteiger partial charge is 0.398 e. The fourth-order valence-electron chi connectivity index (χ4n) is 4.03. The molecule has 2 aromatic carbocycles. The van der Waals surface area contributed by atoms with Gasteiger partial charge < -0.3 is 20.9 Å². The number of aromatic nitrogens is 1. The van der Waals surface area contributed by atoms with E-state index in [0.717, 1.165) is 32.5 Å². The zero-order valence-electron chi connectivity index (χ0n) is 15.4. The Bertz CT molecular complexity index is 925. The van der Waals surface area contributed by atoms with Crippen molar-refractivity contribution in [1.82, 2.24) is 15.2 Å². The molecular formula is C22H26N4O. The minimum atomic E-state index is -0.0956. The highest BCUT2D eigenvalue weighted by molar-refractivity contribution is 5.99. The summed E-state index contributed by atoms with van der Waals surface area (Å²) in [4.78, 5) is 18.0. The van der Waals surface area contributed by atoms with Crippen molar-refractivity contribution >= 4 is 22.5 Å². The number of nitrogens with one attached hydrogen (secondary N) is 2. The van der Waals surface area contributed by atoms with Crippen LogP contribution in [0.25, 0.3) is 10.9 Å². The number of carbonyl (C=O) groups is 1. The number of carbonyl (C=O) groups excluding carboxylic acids is 1. The van der Waals surface area contributed by atoms with Gasteiger partial charge >= 0.3 is 0 Å². The average Bonchev–Trinajstić information content (AvgIpc) is 3.13. The first-order valence-electron chi connectivity index (χ1n) is 9.63. The highest BCUT2D eigenvalue weighted by Gasteiger charge is 2.22. The van der Waals surface area contributed by atoms with E-state index in [1.54, 1.807) is 12.1 Å². The number of nitrogens with zero attached hydrogens (tertiary/aromatic N) is 1. The number of hydrogen-bond donors (Lipinski definition) is 3. The summed E-state index contributed by atoms with van der Waals surface area (Å²) in [6.07, 6.45) is 4.48. The molecule has 0 saturated carbocycles. The molecule has 1 aliphatic rings. The molecule has 5 heteroatoms. The van der Waals surface area contributed by atoms with E-state index in [0.29, 0.717) is 23.7 Å². The molecule has 0 aliphatic carbocycles. The predicted molar refractivity (Wildman–Crippen MR) is 110 cm³/mol. The van der Waals surface area contributed by atoms with E-state index >= 15 is 0 Å². The topological polar surface area (TPSA) is 74.2 Å². The first kappa shape index (κ1) is 17.6. The van der Waals surface area contributed by atoms with Gasteiger partial charge in [-0.2, -0.15) is 0 Å². The highest BCUT2D eigenvalue weighted by Crippen LogP contribution is 2.32. The van der Waals surface area contributed by atoms with E-state index in [1.165, 1.54) is 16.5 Å². The molecule has 1 saturated heterocycles. The SMILES string of the molecule is Nc1ccccc1C(=O)NCCN1CCC(c2c[nH]c3ccccc23)CC1. The fourth-order valence-corrected chi connectivity index (χ4v) is 4.03. The van der Waals surface area contributed by atoms with Crippen molar-refractivity contribution in [2.75, 3.05) is 31.9 Å². The van der Waals surface area contributed by atoms with Gasteiger partial charge in [0.2, 0.25) is 0 Å². The summed E-state index contributed by atoms with van der Waals surface area (Å²) in [6.45, 7) is 3.64. The van der Waals surface area contributed by atoms with Crippen molar-refractivity contribution in [3.05, 3.63) is 65.9 Å². The number of benzene rings is 2. The number of hydrogen-bond acceptors (Lipinski definition) is 3. The van der Waals surface area contributed by atoms with Crippen LogP contribution in [0.3, 0.4) is 0 Å². The third kappa shape index (κ3) is 3.83. The van der Waals surface area contributed by atoms with Crippen LogP contribution < -0.4 is 11.1 Å². The zero-order valence-corrected chi connectivity index (χ0v) is 15.4. The summed E-state index contributed by atoms with van der Waals surface area (Å²) in [7, 11) is 0. The zero-order chi connectivity index (χ0) is 18.6. The lowest BCUT2D eigenvalue weighted by Crippen LogP contribution is -2.39. The predicted octanol–water partition coefficient (Wildman–Crippen LogP) is 3.36. The molecule has 0 atom stereocenters. The van der Waals surface area contributed by atoms with Gasteiger partial charge in [-0.1, -0.05) is 30.3 Å². The van der Waals surface area contributed by atoms with Gasteiger partial charge in [0.15, 0.2) is 0 Å². The highest BCUT2D eigenvalue weighted by atomic mass is 16.1.